The maximum absolute atomic E-state index is 14.2. The van der Waals surface area contributed by atoms with E-state index in [2.05, 4.69) is 15.6 Å². The number of halogens is 1. The largest absolute Gasteiger partial charge is 0.508 e. The van der Waals surface area contributed by atoms with Crippen molar-refractivity contribution in [2.45, 2.75) is 69.1 Å². The lowest BCUT2D eigenvalue weighted by Gasteiger charge is -2.38. The summed E-state index contributed by atoms with van der Waals surface area (Å²) in [4.78, 5) is 83.6. The molecular formula is C34H41ClN6O8. The van der Waals surface area contributed by atoms with Gasteiger partial charge in [0.1, 0.15) is 35.8 Å². The summed E-state index contributed by atoms with van der Waals surface area (Å²) < 4.78 is 0. The molecule has 14 nitrogen and oxygen atoms in total. The van der Waals surface area contributed by atoms with Gasteiger partial charge in [-0.3, -0.25) is 28.8 Å². The van der Waals surface area contributed by atoms with E-state index in [0.717, 1.165) is 16.5 Å². The number of likely N-dealkylation sites (tertiary alicyclic amines) is 1. The van der Waals surface area contributed by atoms with Crippen LogP contribution in [-0.4, -0.2) is 104 Å². The number of aliphatic carboxylic acids is 1. The molecule has 1 aromatic heterocycles. The monoisotopic (exact) mass is 696 g/mol. The number of nitrogens with zero attached hydrogens (tertiary/aromatic N) is 2. The molecule has 0 aliphatic carbocycles. The average Bonchev–Trinajstić information content (AvgIpc) is 3.50. The van der Waals surface area contributed by atoms with Crippen LogP contribution in [0.2, 0.25) is 0 Å². The molecule has 0 bridgehead atoms. The Morgan fingerprint density at radius 2 is 1.73 bits per heavy atom. The molecule has 5 amide bonds. The first-order valence-electron chi connectivity index (χ1n) is 16.0. The second-order valence-electron chi connectivity index (χ2n) is 12.1. The minimum Gasteiger partial charge on any atom is -0.508 e. The van der Waals surface area contributed by atoms with Crippen LogP contribution in [-0.2, 0) is 41.6 Å². The molecule has 2 aromatic carbocycles. The molecular weight excluding hydrogens is 656 g/mol. The summed E-state index contributed by atoms with van der Waals surface area (Å²) in [6.07, 6.45) is 2.67. The highest BCUT2D eigenvalue weighted by Crippen LogP contribution is 2.23. The Hall–Kier alpha value is -5.11. The number of hydrogen-bond donors (Lipinski definition) is 6. The third-order valence-corrected chi connectivity index (χ3v) is 8.96. The molecule has 4 atom stereocenters. The van der Waals surface area contributed by atoms with Gasteiger partial charge in [-0.2, -0.15) is 0 Å². The number of primary amides is 1. The van der Waals surface area contributed by atoms with Crippen LogP contribution < -0.4 is 16.4 Å². The molecule has 7 N–H and O–H groups in total. The van der Waals surface area contributed by atoms with E-state index in [1.165, 1.54) is 29.0 Å². The number of phenols is 1. The SMILES string of the molecule is CN(C(=O)[C@H](Cc1c[nH]c2ccccc12)NC(=O)[C@@H]1CCCCN1C(=O)[C@H](CCC(=O)O)NC(=O)CCl)[C@@H](Cc1ccc(O)cc1)C(N)=O. The van der Waals surface area contributed by atoms with Gasteiger partial charge in [-0.05, 0) is 55.0 Å². The Bertz CT molecular complexity index is 1680. The first kappa shape index (κ1) is 36.7. The number of carboxylic acid groups (broad SMARTS) is 1. The zero-order chi connectivity index (χ0) is 35.7. The van der Waals surface area contributed by atoms with Crippen LogP contribution in [0, 0.1) is 0 Å². The second-order valence-corrected chi connectivity index (χ2v) is 12.4. The number of fused-ring (bicyclic) bond motifs is 1. The van der Waals surface area contributed by atoms with Gasteiger partial charge in [0.15, 0.2) is 0 Å². The van der Waals surface area contributed by atoms with Crippen LogP contribution in [0.1, 0.15) is 43.2 Å². The number of carboxylic acids is 1. The predicted molar refractivity (Wildman–Crippen MR) is 180 cm³/mol. The van der Waals surface area contributed by atoms with Crippen LogP contribution >= 0.6 is 11.6 Å². The number of piperidine rings is 1. The van der Waals surface area contributed by atoms with Gasteiger partial charge in [-0.25, -0.2) is 0 Å². The molecule has 1 saturated heterocycles. The van der Waals surface area contributed by atoms with Gasteiger partial charge in [0, 0.05) is 50.0 Å². The molecule has 262 valence electrons. The number of aromatic hydroxyl groups is 1. The number of carbonyl (C=O) groups is 6. The fourth-order valence-electron chi connectivity index (χ4n) is 6.10. The highest BCUT2D eigenvalue weighted by molar-refractivity contribution is 6.27. The number of carbonyl (C=O) groups excluding carboxylic acids is 5. The number of hydrogen-bond acceptors (Lipinski definition) is 7. The lowest BCUT2D eigenvalue weighted by molar-refractivity contribution is -0.147. The third kappa shape index (κ3) is 9.50. The van der Waals surface area contributed by atoms with E-state index in [9.17, 15) is 39.0 Å². The number of nitrogens with two attached hydrogens (primary N) is 1. The van der Waals surface area contributed by atoms with E-state index < -0.39 is 72.0 Å². The summed E-state index contributed by atoms with van der Waals surface area (Å²) in [6, 6.07) is 9.08. The minimum atomic E-state index is -1.22. The highest BCUT2D eigenvalue weighted by atomic mass is 35.5. The van der Waals surface area contributed by atoms with Crippen LogP contribution in [0.3, 0.4) is 0 Å². The van der Waals surface area contributed by atoms with Crippen LogP contribution in [0.4, 0.5) is 0 Å². The first-order chi connectivity index (χ1) is 23.4. The summed E-state index contributed by atoms with van der Waals surface area (Å²) in [5.74, 6) is -4.82. The van der Waals surface area contributed by atoms with Gasteiger partial charge in [0.2, 0.25) is 29.5 Å². The highest BCUT2D eigenvalue weighted by Gasteiger charge is 2.39. The lowest BCUT2D eigenvalue weighted by atomic mass is 9.97. The summed E-state index contributed by atoms with van der Waals surface area (Å²) in [5, 5.41) is 25.0. The molecule has 0 radical (unpaired) electrons. The number of phenolic OH excluding ortho intramolecular Hbond substituents is 1. The van der Waals surface area contributed by atoms with E-state index in [4.69, 9.17) is 17.3 Å². The standard InChI is InChI=1S/C34H41ClN6O8/c1-40(28(31(36)46)16-20-9-11-22(42)12-10-20)33(48)26(17-21-19-37-24-7-3-2-6-23(21)24)39-32(47)27-8-4-5-15-41(27)34(49)25(13-14-30(44)45)38-29(43)18-35/h2-3,6-7,9-12,19,25-28,37,42H,4-5,8,13-18H2,1H3,(H2,36,46)(H,38,43)(H,39,47)(H,44,45)/t25-,26-,27-,28-/m0/s1. The molecule has 0 saturated carbocycles. The number of para-hydroxylation sites is 1. The van der Waals surface area contributed by atoms with Gasteiger partial charge in [0.25, 0.3) is 0 Å². The number of nitrogens with one attached hydrogen (secondary N) is 3. The molecule has 0 spiro atoms. The van der Waals surface area contributed by atoms with Crippen molar-refractivity contribution in [1.82, 2.24) is 25.4 Å². The summed E-state index contributed by atoms with van der Waals surface area (Å²) in [5.41, 5.74) is 7.95. The van der Waals surface area contributed by atoms with E-state index in [1.807, 2.05) is 24.3 Å². The number of amides is 5. The number of H-pyrrole nitrogens is 1. The maximum Gasteiger partial charge on any atom is 0.303 e. The number of aromatic amines is 1. The molecule has 49 heavy (non-hydrogen) atoms. The number of aromatic nitrogens is 1. The van der Waals surface area contributed by atoms with Gasteiger partial charge < -0.3 is 41.4 Å². The van der Waals surface area contributed by atoms with Crippen molar-refractivity contribution in [2.24, 2.45) is 5.73 Å². The van der Waals surface area contributed by atoms with Crippen molar-refractivity contribution in [1.29, 1.82) is 0 Å². The molecule has 1 aliphatic rings. The van der Waals surface area contributed by atoms with Gasteiger partial charge in [0.05, 0.1) is 0 Å². The molecule has 0 unspecified atom stereocenters. The van der Waals surface area contributed by atoms with Crippen molar-refractivity contribution in [3.63, 3.8) is 0 Å². The first-order valence-corrected chi connectivity index (χ1v) is 16.5. The number of benzene rings is 2. The topological polar surface area (TPSA) is 215 Å². The van der Waals surface area contributed by atoms with E-state index in [-0.39, 0.29) is 38.0 Å². The number of alkyl halides is 1. The van der Waals surface area contributed by atoms with Gasteiger partial charge in [-0.15, -0.1) is 11.6 Å². The Morgan fingerprint density at radius 3 is 2.41 bits per heavy atom. The Balaban J connectivity index is 1.62. The van der Waals surface area contributed by atoms with Crippen LogP contribution in [0.15, 0.2) is 54.7 Å². The van der Waals surface area contributed by atoms with Crippen molar-refractivity contribution >= 4 is 58.0 Å². The Kier molecular flexibility index (Phi) is 12.6. The van der Waals surface area contributed by atoms with E-state index in [1.54, 1.807) is 18.3 Å². The van der Waals surface area contributed by atoms with Crippen molar-refractivity contribution in [3.8, 4) is 5.75 Å². The Labute approximate surface area is 287 Å². The minimum absolute atomic E-state index is 0.0372. The zero-order valence-corrected chi connectivity index (χ0v) is 27.8. The molecule has 3 aromatic rings. The molecule has 1 fully saturated rings. The summed E-state index contributed by atoms with van der Waals surface area (Å²) in [6.45, 7) is 0.175. The van der Waals surface area contributed by atoms with Crippen molar-refractivity contribution < 1.29 is 39.0 Å². The maximum atomic E-state index is 14.2. The zero-order valence-electron chi connectivity index (χ0n) is 27.1. The smallest absolute Gasteiger partial charge is 0.303 e. The Morgan fingerprint density at radius 1 is 1.02 bits per heavy atom. The fourth-order valence-corrected chi connectivity index (χ4v) is 6.17. The quantitative estimate of drug-likeness (QED) is 0.128. The average molecular weight is 697 g/mol. The van der Waals surface area contributed by atoms with E-state index >= 15 is 0 Å². The molecule has 15 heteroatoms. The molecule has 4 rings (SSSR count). The second kappa shape index (κ2) is 16.8. The number of likely N-dealkylation sites (N-methyl/N-ethyl adjacent to an activating group) is 1. The van der Waals surface area contributed by atoms with Crippen molar-refractivity contribution in [3.05, 3.63) is 65.9 Å². The van der Waals surface area contributed by atoms with Crippen LogP contribution in [0.25, 0.3) is 10.9 Å². The predicted octanol–water partition coefficient (Wildman–Crippen LogP) is 1.43. The lowest BCUT2D eigenvalue weighted by Crippen LogP contribution is -2.61. The molecule has 1 aliphatic heterocycles. The van der Waals surface area contributed by atoms with Gasteiger partial charge in [-0.1, -0.05) is 30.3 Å². The normalized spacial score (nSPS) is 16.3. The van der Waals surface area contributed by atoms with Crippen LogP contribution in [0.5, 0.6) is 5.75 Å². The summed E-state index contributed by atoms with van der Waals surface area (Å²) >= 11 is 5.63. The van der Waals surface area contributed by atoms with Crippen molar-refractivity contribution in [2.75, 3.05) is 19.5 Å². The third-order valence-electron chi connectivity index (χ3n) is 8.71. The van der Waals surface area contributed by atoms with E-state index in [0.29, 0.717) is 18.4 Å². The number of rotatable bonds is 15. The summed E-state index contributed by atoms with van der Waals surface area (Å²) in [7, 11) is 1.43. The van der Waals surface area contributed by atoms with Gasteiger partial charge >= 0.3 is 5.97 Å². The fraction of sp³-hybridized carbons (Fsp3) is 0.412. The molecule has 2 heterocycles.